The van der Waals surface area contributed by atoms with Crippen LogP contribution in [0.5, 0.6) is 5.75 Å². The Balaban J connectivity index is 0.000000924. The molecule has 0 saturated carbocycles. The number of phenols is 1. The molecule has 1 atom stereocenters. The minimum Gasteiger partial charge on any atom is -0.508 e. The van der Waals surface area contributed by atoms with E-state index >= 15 is 0 Å². The highest BCUT2D eigenvalue weighted by Crippen LogP contribution is 2.30. The lowest BCUT2D eigenvalue weighted by Crippen LogP contribution is -2.25. The topological polar surface area (TPSA) is 32.3 Å². The van der Waals surface area contributed by atoms with Gasteiger partial charge in [-0.05, 0) is 47.9 Å². The van der Waals surface area contributed by atoms with Gasteiger partial charge in [-0.1, -0.05) is 32.1 Å². The first-order valence-electron chi connectivity index (χ1n) is 7.82. The maximum atomic E-state index is 13.9. The number of halogens is 2. The molecule has 2 nitrogen and oxygen atoms in total. The Hall–Kier alpha value is -2.20. The number of benzene rings is 2. The molecular weight excluding hydrogens is 296 g/mol. The first-order valence-corrected chi connectivity index (χ1v) is 7.82. The standard InChI is InChI=1S/C17H15F2NO.C2H6/c18-13-4-5-16(19)15(10-13)11-6-7-20-17(9-11)12-2-1-3-14(21)8-12;1-2/h1-5,8-10,17,20-21H,6-7H2;1-2H3. The zero-order valence-corrected chi connectivity index (χ0v) is 13.3. The van der Waals surface area contributed by atoms with E-state index in [0.29, 0.717) is 18.5 Å². The second-order valence-corrected chi connectivity index (χ2v) is 5.09. The Labute approximate surface area is 135 Å². The van der Waals surface area contributed by atoms with Crippen molar-refractivity contribution in [3.05, 3.63) is 71.3 Å². The summed E-state index contributed by atoms with van der Waals surface area (Å²) in [7, 11) is 0. The van der Waals surface area contributed by atoms with Gasteiger partial charge in [-0.25, -0.2) is 8.78 Å². The van der Waals surface area contributed by atoms with Crippen molar-refractivity contribution in [2.75, 3.05) is 6.54 Å². The van der Waals surface area contributed by atoms with Crippen LogP contribution in [0.15, 0.2) is 48.5 Å². The Kier molecular flexibility index (Phi) is 5.88. The number of nitrogens with one attached hydrogen (secondary N) is 1. The predicted molar refractivity (Wildman–Crippen MR) is 89.2 cm³/mol. The molecule has 0 spiro atoms. The number of phenolic OH excluding ortho intramolecular Hbond substituents is 1. The van der Waals surface area contributed by atoms with E-state index in [4.69, 9.17) is 0 Å². The Morgan fingerprint density at radius 3 is 2.61 bits per heavy atom. The van der Waals surface area contributed by atoms with Gasteiger partial charge >= 0.3 is 0 Å². The molecule has 3 rings (SSSR count). The van der Waals surface area contributed by atoms with Crippen molar-refractivity contribution in [3.8, 4) is 5.75 Å². The van der Waals surface area contributed by atoms with Crippen LogP contribution < -0.4 is 5.32 Å². The van der Waals surface area contributed by atoms with Crippen molar-refractivity contribution in [2.45, 2.75) is 26.3 Å². The van der Waals surface area contributed by atoms with E-state index in [1.165, 1.54) is 6.07 Å². The molecule has 0 amide bonds. The molecule has 0 bridgehead atoms. The summed E-state index contributed by atoms with van der Waals surface area (Å²) in [6, 6.07) is 10.3. The van der Waals surface area contributed by atoms with Crippen molar-refractivity contribution < 1.29 is 13.9 Å². The summed E-state index contributed by atoms with van der Waals surface area (Å²) >= 11 is 0. The van der Waals surface area contributed by atoms with E-state index in [2.05, 4.69) is 5.32 Å². The number of aromatic hydroxyl groups is 1. The second-order valence-electron chi connectivity index (χ2n) is 5.09. The largest absolute Gasteiger partial charge is 0.508 e. The summed E-state index contributed by atoms with van der Waals surface area (Å²) in [6.45, 7) is 4.67. The van der Waals surface area contributed by atoms with Crippen LogP contribution in [-0.2, 0) is 0 Å². The summed E-state index contributed by atoms with van der Waals surface area (Å²) in [6.07, 6.45) is 2.52. The minimum atomic E-state index is -0.445. The molecule has 4 heteroatoms. The minimum absolute atomic E-state index is 0.122. The third-order valence-electron chi connectivity index (χ3n) is 3.63. The van der Waals surface area contributed by atoms with Crippen molar-refractivity contribution in [3.63, 3.8) is 0 Å². The molecule has 122 valence electrons. The molecule has 23 heavy (non-hydrogen) atoms. The van der Waals surface area contributed by atoms with Gasteiger partial charge in [0, 0.05) is 12.1 Å². The van der Waals surface area contributed by atoms with Crippen molar-refractivity contribution in [1.82, 2.24) is 5.32 Å². The van der Waals surface area contributed by atoms with Gasteiger partial charge in [-0.2, -0.15) is 0 Å². The average Bonchev–Trinajstić information content (AvgIpc) is 2.59. The van der Waals surface area contributed by atoms with Gasteiger partial charge in [0.25, 0.3) is 0 Å². The Morgan fingerprint density at radius 1 is 1.09 bits per heavy atom. The molecule has 1 unspecified atom stereocenters. The van der Waals surface area contributed by atoms with Gasteiger partial charge in [-0.3, -0.25) is 0 Å². The summed E-state index contributed by atoms with van der Waals surface area (Å²) in [5.41, 5.74) is 1.98. The monoisotopic (exact) mass is 317 g/mol. The average molecular weight is 317 g/mol. The highest BCUT2D eigenvalue weighted by atomic mass is 19.1. The van der Waals surface area contributed by atoms with E-state index < -0.39 is 11.6 Å². The molecular formula is C19H21F2NO. The van der Waals surface area contributed by atoms with Crippen LogP contribution in [0.1, 0.15) is 37.4 Å². The third kappa shape index (κ3) is 4.17. The summed E-state index contributed by atoms with van der Waals surface area (Å²) in [4.78, 5) is 0. The SMILES string of the molecule is CC.Oc1cccc(C2C=C(c3cc(F)ccc3F)CCN2)c1. The lowest BCUT2D eigenvalue weighted by molar-refractivity contribution is 0.473. The maximum Gasteiger partial charge on any atom is 0.130 e. The fourth-order valence-electron chi connectivity index (χ4n) is 2.61. The number of hydrogen-bond acceptors (Lipinski definition) is 2. The van der Waals surface area contributed by atoms with E-state index in [0.717, 1.165) is 23.3 Å². The van der Waals surface area contributed by atoms with Crippen molar-refractivity contribution in [2.24, 2.45) is 0 Å². The maximum absolute atomic E-state index is 13.9. The summed E-state index contributed by atoms with van der Waals surface area (Å²) in [5, 5.41) is 12.8. The lowest BCUT2D eigenvalue weighted by atomic mass is 9.93. The van der Waals surface area contributed by atoms with E-state index in [1.54, 1.807) is 18.2 Å². The van der Waals surface area contributed by atoms with Crippen LogP contribution in [0.2, 0.25) is 0 Å². The van der Waals surface area contributed by atoms with Gasteiger partial charge in [0.15, 0.2) is 0 Å². The first kappa shape index (κ1) is 17.2. The Morgan fingerprint density at radius 2 is 1.87 bits per heavy atom. The highest BCUT2D eigenvalue weighted by molar-refractivity contribution is 5.68. The van der Waals surface area contributed by atoms with Gasteiger partial charge in [0.2, 0.25) is 0 Å². The highest BCUT2D eigenvalue weighted by Gasteiger charge is 2.18. The quantitative estimate of drug-likeness (QED) is 0.832. The Bertz CT molecular complexity index is 698. The second kappa shape index (κ2) is 7.88. The fraction of sp³-hybridized carbons (Fsp3) is 0.263. The van der Waals surface area contributed by atoms with Gasteiger partial charge in [0.05, 0.1) is 6.04 Å². The van der Waals surface area contributed by atoms with Gasteiger partial charge in [-0.15, -0.1) is 0 Å². The fourth-order valence-corrected chi connectivity index (χ4v) is 2.61. The molecule has 2 aromatic carbocycles. The van der Waals surface area contributed by atoms with Crippen molar-refractivity contribution >= 4 is 5.57 Å². The first-order chi connectivity index (χ1) is 11.1. The zero-order valence-electron chi connectivity index (χ0n) is 13.3. The summed E-state index contributed by atoms with van der Waals surface area (Å²) < 4.78 is 27.2. The summed E-state index contributed by atoms with van der Waals surface area (Å²) in [5.74, 6) is -0.675. The molecule has 1 aliphatic rings. The van der Waals surface area contributed by atoms with Crippen LogP contribution in [0.25, 0.3) is 5.57 Å². The van der Waals surface area contributed by atoms with Crippen LogP contribution >= 0.6 is 0 Å². The normalized spacial score (nSPS) is 17.0. The third-order valence-corrected chi connectivity index (χ3v) is 3.63. The predicted octanol–water partition coefficient (Wildman–Crippen LogP) is 4.81. The molecule has 2 N–H and O–H groups in total. The van der Waals surface area contributed by atoms with E-state index in [-0.39, 0.29) is 11.8 Å². The molecule has 0 aliphatic carbocycles. The van der Waals surface area contributed by atoms with E-state index in [1.807, 2.05) is 26.0 Å². The molecule has 1 aliphatic heterocycles. The molecule has 2 aromatic rings. The van der Waals surface area contributed by atoms with Crippen molar-refractivity contribution in [1.29, 1.82) is 0 Å². The molecule has 1 heterocycles. The molecule has 0 saturated heterocycles. The van der Waals surface area contributed by atoms with Crippen LogP contribution in [0, 0.1) is 11.6 Å². The smallest absolute Gasteiger partial charge is 0.130 e. The van der Waals surface area contributed by atoms with Crippen LogP contribution in [-0.4, -0.2) is 11.7 Å². The molecule has 0 aromatic heterocycles. The van der Waals surface area contributed by atoms with E-state index in [9.17, 15) is 13.9 Å². The van der Waals surface area contributed by atoms with Crippen LogP contribution in [0.3, 0.4) is 0 Å². The molecule has 0 fully saturated rings. The van der Waals surface area contributed by atoms with Crippen LogP contribution in [0.4, 0.5) is 8.78 Å². The van der Waals surface area contributed by atoms with Gasteiger partial charge < -0.3 is 10.4 Å². The zero-order chi connectivity index (χ0) is 16.8. The number of rotatable bonds is 2. The lowest BCUT2D eigenvalue weighted by Gasteiger charge is -2.24. The van der Waals surface area contributed by atoms with Gasteiger partial charge in [0.1, 0.15) is 17.4 Å². The molecule has 0 radical (unpaired) electrons. The number of hydrogen-bond donors (Lipinski definition) is 2.